The van der Waals surface area contributed by atoms with Gasteiger partial charge < -0.3 is 5.11 Å². The molecule has 0 amide bonds. The molecule has 0 saturated carbocycles. The number of hydrogen-bond acceptors (Lipinski definition) is 2. The van der Waals surface area contributed by atoms with E-state index in [0.29, 0.717) is 12.3 Å². The van der Waals surface area contributed by atoms with Crippen molar-refractivity contribution in [3.63, 3.8) is 0 Å². The van der Waals surface area contributed by atoms with Crippen LogP contribution in [0.1, 0.15) is 12.0 Å². The summed E-state index contributed by atoms with van der Waals surface area (Å²) in [6.07, 6.45) is 0.311. The van der Waals surface area contributed by atoms with Crippen molar-refractivity contribution >= 4 is 5.97 Å². The van der Waals surface area contributed by atoms with Gasteiger partial charge in [0.05, 0.1) is 6.42 Å². The third-order valence-electron chi connectivity index (χ3n) is 2.75. The fourth-order valence-electron chi connectivity index (χ4n) is 2.02. The van der Waals surface area contributed by atoms with Crippen LogP contribution in [0.15, 0.2) is 30.3 Å². The second kappa shape index (κ2) is 4.45. The van der Waals surface area contributed by atoms with Gasteiger partial charge in [0.1, 0.15) is 0 Å². The Labute approximate surface area is 89.3 Å². The van der Waals surface area contributed by atoms with Crippen LogP contribution < -0.4 is 0 Å². The Balaban J connectivity index is 1.74. The van der Waals surface area contributed by atoms with E-state index in [-0.39, 0.29) is 0 Å². The Hall–Kier alpha value is -1.35. The summed E-state index contributed by atoms with van der Waals surface area (Å²) in [5.41, 5.74) is 1.30. The van der Waals surface area contributed by atoms with Crippen LogP contribution >= 0.6 is 0 Å². The molecule has 0 spiro atoms. The van der Waals surface area contributed by atoms with Crippen LogP contribution in [0.4, 0.5) is 0 Å². The van der Waals surface area contributed by atoms with Crippen LogP contribution in [0.3, 0.4) is 0 Å². The smallest absolute Gasteiger partial charge is 0.303 e. The van der Waals surface area contributed by atoms with Gasteiger partial charge in [-0.25, -0.2) is 0 Å². The van der Waals surface area contributed by atoms with Crippen molar-refractivity contribution in [2.75, 3.05) is 13.1 Å². The number of benzene rings is 1. The summed E-state index contributed by atoms with van der Waals surface area (Å²) in [5, 5.41) is 8.61. The zero-order chi connectivity index (χ0) is 10.7. The van der Waals surface area contributed by atoms with Gasteiger partial charge in [-0.1, -0.05) is 30.3 Å². The lowest BCUT2D eigenvalue weighted by molar-refractivity contribution is -0.139. The first-order valence-electron chi connectivity index (χ1n) is 5.22. The van der Waals surface area contributed by atoms with Crippen molar-refractivity contribution in [3.05, 3.63) is 35.9 Å². The monoisotopic (exact) mass is 205 g/mol. The van der Waals surface area contributed by atoms with E-state index in [4.69, 9.17) is 5.11 Å². The largest absolute Gasteiger partial charge is 0.481 e. The molecule has 0 aromatic heterocycles. The molecule has 0 radical (unpaired) electrons. The molecule has 15 heavy (non-hydrogen) atoms. The minimum atomic E-state index is -0.681. The second-order valence-electron chi connectivity index (χ2n) is 4.14. The maximum Gasteiger partial charge on any atom is 0.303 e. The van der Waals surface area contributed by atoms with Crippen LogP contribution in [0.2, 0.25) is 0 Å². The number of carboxylic acids is 1. The highest BCUT2D eigenvalue weighted by atomic mass is 16.4. The van der Waals surface area contributed by atoms with E-state index in [0.717, 1.165) is 19.6 Å². The third kappa shape index (κ3) is 2.80. The van der Waals surface area contributed by atoms with Gasteiger partial charge in [0.2, 0.25) is 0 Å². The molecular formula is C12H15NO2. The summed E-state index contributed by atoms with van der Waals surface area (Å²) in [6.45, 7) is 2.78. The molecule has 0 unspecified atom stereocenters. The summed E-state index contributed by atoms with van der Waals surface area (Å²) < 4.78 is 0. The number of nitrogens with zero attached hydrogens (tertiary/aromatic N) is 1. The van der Waals surface area contributed by atoms with Gasteiger partial charge in [-0.05, 0) is 11.5 Å². The van der Waals surface area contributed by atoms with Crippen molar-refractivity contribution < 1.29 is 9.90 Å². The highest BCUT2D eigenvalue weighted by Crippen LogP contribution is 2.21. The first-order chi connectivity index (χ1) is 7.24. The van der Waals surface area contributed by atoms with Gasteiger partial charge in [0.25, 0.3) is 0 Å². The van der Waals surface area contributed by atoms with Gasteiger partial charge in [0.15, 0.2) is 0 Å². The molecule has 1 N–H and O–H groups in total. The van der Waals surface area contributed by atoms with Gasteiger partial charge in [-0.3, -0.25) is 9.69 Å². The fraction of sp³-hybridized carbons (Fsp3) is 0.417. The predicted molar refractivity (Wildman–Crippen MR) is 57.5 cm³/mol. The maximum atomic E-state index is 10.4. The Morgan fingerprint density at radius 3 is 2.60 bits per heavy atom. The fourth-order valence-corrected chi connectivity index (χ4v) is 2.02. The highest BCUT2D eigenvalue weighted by molar-refractivity contribution is 5.67. The Bertz CT molecular complexity index is 331. The molecule has 0 atom stereocenters. The first kappa shape index (κ1) is 10.2. The lowest BCUT2D eigenvalue weighted by atomic mass is 9.96. The number of aliphatic carboxylic acids is 1. The van der Waals surface area contributed by atoms with Crippen molar-refractivity contribution in [3.8, 4) is 0 Å². The number of likely N-dealkylation sites (tertiary alicyclic amines) is 1. The zero-order valence-electron chi connectivity index (χ0n) is 8.60. The highest BCUT2D eigenvalue weighted by Gasteiger charge is 2.27. The second-order valence-corrected chi connectivity index (χ2v) is 4.14. The summed E-state index contributed by atoms with van der Waals surface area (Å²) in [5.74, 6) is -0.328. The van der Waals surface area contributed by atoms with E-state index in [2.05, 4.69) is 17.0 Å². The van der Waals surface area contributed by atoms with E-state index < -0.39 is 5.97 Å². The van der Waals surface area contributed by atoms with E-state index >= 15 is 0 Å². The van der Waals surface area contributed by atoms with Crippen LogP contribution in [0.25, 0.3) is 0 Å². The Kier molecular flexibility index (Phi) is 3.02. The minimum absolute atomic E-state index is 0.311. The summed E-state index contributed by atoms with van der Waals surface area (Å²) in [7, 11) is 0. The number of hydrogen-bond donors (Lipinski definition) is 1. The van der Waals surface area contributed by atoms with E-state index in [1.54, 1.807) is 0 Å². The van der Waals surface area contributed by atoms with Crippen LogP contribution in [-0.2, 0) is 11.3 Å². The quantitative estimate of drug-likeness (QED) is 0.811. The van der Waals surface area contributed by atoms with Gasteiger partial charge >= 0.3 is 5.97 Å². The standard InChI is InChI=1S/C12H15NO2/c14-12(15)6-11-8-13(9-11)7-10-4-2-1-3-5-10/h1-5,11H,6-9H2,(H,14,15). The van der Waals surface area contributed by atoms with Gasteiger partial charge in [-0.2, -0.15) is 0 Å². The molecule has 1 aromatic rings. The molecule has 80 valence electrons. The van der Waals surface area contributed by atoms with Crippen LogP contribution in [-0.4, -0.2) is 29.1 Å². The average molecular weight is 205 g/mol. The van der Waals surface area contributed by atoms with Crippen molar-refractivity contribution in [2.24, 2.45) is 5.92 Å². The molecule has 1 aliphatic heterocycles. The number of carbonyl (C=O) groups is 1. The molecule has 3 nitrogen and oxygen atoms in total. The molecule has 3 heteroatoms. The number of carboxylic acid groups (broad SMARTS) is 1. The molecule has 1 fully saturated rings. The topological polar surface area (TPSA) is 40.5 Å². The molecule has 1 aromatic carbocycles. The molecule has 1 heterocycles. The SMILES string of the molecule is O=C(O)CC1CN(Cc2ccccc2)C1. The Morgan fingerprint density at radius 2 is 2.00 bits per heavy atom. The summed E-state index contributed by atoms with van der Waals surface area (Å²) >= 11 is 0. The molecule has 1 aliphatic rings. The normalized spacial score (nSPS) is 17.3. The van der Waals surface area contributed by atoms with Crippen LogP contribution in [0.5, 0.6) is 0 Å². The molecule has 0 aliphatic carbocycles. The van der Waals surface area contributed by atoms with E-state index in [1.165, 1.54) is 5.56 Å². The summed E-state index contributed by atoms with van der Waals surface area (Å²) in [4.78, 5) is 12.7. The number of rotatable bonds is 4. The maximum absolute atomic E-state index is 10.4. The summed E-state index contributed by atoms with van der Waals surface area (Å²) in [6, 6.07) is 10.3. The minimum Gasteiger partial charge on any atom is -0.481 e. The van der Waals surface area contributed by atoms with Gasteiger partial charge in [0, 0.05) is 19.6 Å². The molecule has 1 saturated heterocycles. The molecular weight excluding hydrogens is 190 g/mol. The Morgan fingerprint density at radius 1 is 1.33 bits per heavy atom. The van der Waals surface area contributed by atoms with Crippen molar-refractivity contribution in [1.82, 2.24) is 4.90 Å². The van der Waals surface area contributed by atoms with Gasteiger partial charge in [-0.15, -0.1) is 0 Å². The lowest BCUT2D eigenvalue weighted by Gasteiger charge is -2.38. The zero-order valence-corrected chi connectivity index (χ0v) is 8.60. The molecule has 0 bridgehead atoms. The predicted octanol–water partition coefficient (Wildman–Crippen LogP) is 1.59. The lowest BCUT2D eigenvalue weighted by Crippen LogP contribution is -2.46. The van der Waals surface area contributed by atoms with E-state index in [1.807, 2.05) is 18.2 Å². The van der Waals surface area contributed by atoms with E-state index in [9.17, 15) is 4.79 Å². The third-order valence-corrected chi connectivity index (χ3v) is 2.75. The average Bonchev–Trinajstić information content (AvgIpc) is 2.15. The molecule has 2 rings (SSSR count). The van der Waals surface area contributed by atoms with Crippen molar-refractivity contribution in [2.45, 2.75) is 13.0 Å². The first-order valence-corrected chi connectivity index (χ1v) is 5.22. The van der Waals surface area contributed by atoms with Crippen molar-refractivity contribution in [1.29, 1.82) is 0 Å². The van der Waals surface area contributed by atoms with Crippen LogP contribution in [0, 0.1) is 5.92 Å².